The number of aromatic nitrogens is 3. The van der Waals surface area contributed by atoms with Gasteiger partial charge in [0.15, 0.2) is 5.82 Å². The Morgan fingerprint density at radius 1 is 0.875 bits per heavy atom. The Morgan fingerprint density at radius 3 is 2.62 bits per heavy atom. The summed E-state index contributed by atoms with van der Waals surface area (Å²) >= 11 is 0. The minimum absolute atomic E-state index is 0.333. The molecule has 4 rings (SSSR count). The molecular weight excluding hydrogens is 310 g/mol. The second-order valence-electron chi connectivity index (χ2n) is 5.26. The maximum absolute atomic E-state index is 13.7. The first-order valence-electron chi connectivity index (χ1n) is 7.33. The second-order valence-corrected chi connectivity index (χ2v) is 5.26. The summed E-state index contributed by atoms with van der Waals surface area (Å²) in [7, 11) is 0. The van der Waals surface area contributed by atoms with Gasteiger partial charge in [-0.2, -0.15) is 0 Å². The van der Waals surface area contributed by atoms with Gasteiger partial charge in [-0.3, -0.25) is 0 Å². The van der Waals surface area contributed by atoms with Gasteiger partial charge in [0.05, 0.1) is 16.7 Å². The van der Waals surface area contributed by atoms with E-state index in [4.69, 9.17) is 0 Å². The van der Waals surface area contributed by atoms with Crippen molar-refractivity contribution >= 4 is 22.5 Å². The van der Waals surface area contributed by atoms with Crippen LogP contribution in [0.25, 0.3) is 22.6 Å². The van der Waals surface area contributed by atoms with E-state index in [2.05, 4.69) is 20.3 Å². The fraction of sp³-hybridized carbons (Fsp3) is 0. The Labute approximate surface area is 136 Å². The number of aromatic amines is 1. The van der Waals surface area contributed by atoms with E-state index in [1.165, 1.54) is 18.2 Å². The van der Waals surface area contributed by atoms with Crippen LogP contribution in [0, 0.1) is 11.6 Å². The third-order valence-corrected chi connectivity index (χ3v) is 3.57. The molecule has 0 atom stereocenters. The maximum Gasteiger partial charge on any atom is 0.157 e. The van der Waals surface area contributed by atoms with E-state index in [0.717, 1.165) is 0 Å². The van der Waals surface area contributed by atoms with E-state index in [0.29, 0.717) is 34.1 Å². The zero-order valence-corrected chi connectivity index (χ0v) is 12.4. The molecule has 4 aromatic rings. The number of halogens is 2. The van der Waals surface area contributed by atoms with Crippen LogP contribution in [0.4, 0.5) is 20.3 Å². The SMILES string of the molecule is Fc1ccc2nc(-c3cccc(Nc4ccccc4F)n3)[nH]c2c1. The molecule has 0 radical (unpaired) electrons. The molecule has 24 heavy (non-hydrogen) atoms. The third kappa shape index (κ3) is 2.69. The highest BCUT2D eigenvalue weighted by Gasteiger charge is 2.09. The minimum atomic E-state index is -0.357. The number of benzene rings is 2. The number of hydrogen-bond acceptors (Lipinski definition) is 3. The molecule has 2 N–H and O–H groups in total. The summed E-state index contributed by atoms with van der Waals surface area (Å²) in [6.07, 6.45) is 0. The van der Waals surface area contributed by atoms with Crippen LogP contribution < -0.4 is 5.32 Å². The highest BCUT2D eigenvalue weighted by Crippen LogP contribution is 2.23. The number of hydrogen-bond donors (Lipinski definition) is 2. The van der Waals surface area contributed by atoms with Crippen molar-refractivity contribution in [1.29, 1.82) is 0 Å². The van der Waals surface area contributed by atoms with Crippen molar-refractivity contribution in [3.05, 3.63) is 72.3 Å². The average molecular weight is 322 g/mol. The number of para-hydroxylation sites is 1. The van der Waals surface area contributed by atoms with E-state index in [-0.39, 0.29) is 11.6 Å². The standard InChI is InChI=1S/C18H12F2N4/c19-11-8-9-14-16(10-11)24-18(23-14)15-6-3-7-17(22-15)21-13-5-2-1-4-12(13)20/h1-10H,(H,21,22)(H,23,24). The van der Waals surface area contributed by atoms with Crippen LogP contribution >= 0.6 is 0 Å². The average Bonchev–Trinajstić information content (AvgIpc) is 3.00. The molecule has 0 spiro atoms. The number of imidazole rings is 1. The van der Waals surface area contributed by atoms with Gasteiger partial charge in [-0.15, -0.1) is 0 Å². The first-order valence-corrected chi connectivity index (χ1v) is 7.33. The predicted octanol–water partition coefficient (Wildman–Crippen LogP) is 4.65. The smallest absolute Gasteiger partial charge is 0.157 e. The molecule has 0 bridgehead atoms. The lowest BCUT2D eigenvalue weighted by atomic mass is 10.3. The zero-order chi connectivity index (χ0) is 16.5. The van der Waals surface area contributed by atoms with Gasteiger partial charge in [-0.25, -0.2) is 18.7 Å². The third-order valence-electron chi connectivity index (χ3n) is 3.57. The van der Waals surface area contributed by atoms with Crippen molar-refractivity contribution in [3.63, 3.8) is 0 Å². The molecular formula is C18H12F2N4. The Kier molecular flexibility index (Phi) is 3.42. The number of nitrogens with zero attached hydrogens (tertiary/aromatic N) is 2. The van der Waals surface area contributed by atoms with Crippen molar-refractivity contribution in [2.45, 2.75) is 0 Å². The molecule has 2 aromatic carbocycles. The Balaban J connectivity index is 1.70. The normalized spacial score (nSPS) is 10.9. The molecule has 0 aliphatic carbocycles. The van der Waals surface area contributed by atoms with Crippen molar-refractivity contribution in [1.82, 2.24) is 15.0 Å². The maximum atomic E-state index is 13.7. The quantitative estimate of drug-likeness (QED) is 0.577. The van der Waals surface area contributed by atoms with Crippen LogP contribution in [0.2, 0.25) is 0 Å². The molecule has 0 fully saturated rings. The zero-order valence-electron chi connectivity index (χ0n) is 12.4. The van der Waals surface area contributed by atoms with Gasteiger partial charge in [0, 0.05) is 0 Å². The molecule has 0 saturated heterocycles. The van der Waals surface area contributed by atoms with Crippen LogP contribution in [0.1, 0.15) is 0 Å². The molecule has 4 nitrogen and oxygen atoms in total. The summed E-state index contributed by atoms with van der Waals surface area (Å²) in [5.41, 5.74) is 2.17. The predicted molar refractivity (Wildman–Crippen MR) is 89.0 cm³/mol. The molecule has 0 saturated carbocycles. The van der Waals surface area contributed by atoms with Gasteiger partial charge in [0.2, 0.25) is 0 Å². The Hall–Kier alpha value is -3.28. The highest BCUT2D eigenvalue weighted by atomic mass is 19.1. The van der Waals surface area contributed by atoms with E-state index in [1.807, 2.05) is 0 Å². The first kappa shape index (κ1) is 14.3. The van der Waals surface area contributed by atoms with E-state index in [1.54, 1.807) is 42.5 Å². The summed E-state index contributed by atoms with van der Waals surface area (Å²) in [4.78, 5) is 11.9. The summed E-state index contributed by atoms with van der Waals surface area (Å²) in [5, 5.41) is 2.94. The lowest BCUT2D eigenvalue weighted by Gasteiger charge is -2.07. The number of fused-ring (bicyclic) bond motifs is 1. The van der Waals surface area contributed by atoms with Crippen LogP contribution in [0.5, 0.6) is 0 Å². The van der Waals surface area contributed by atoms with Gasteiger partial charge in [-0.1, -0.05) is 18.2 Å². The topological polar surface area (TPSA) is 53.6 Å². The molecule has 2 heterocycles. The number of pyridine rings is 1. The van der Waals surface area contributed by atoms with Crippen LogP contribution in [0.3, 0.4) is 0 Å². The minimum Gasteiger partial charge on any atom is -0.338 e. The van der Waals surface area contributed by atoms with Gasteiger partial charge in [-0.05, 0) is 42.5 Å². The number of H-pyrrole nitrogens is 1. The first-order chi connectivity index (χ1) is 11.7. The van der Waals surface area contributed by atoms with Crippen LogP contribution in [0.15, 0.2) is 60.7 Å². The van der Waals surface area contributed by atoms with Gasteiger partial charge >= 0.3 is 0 Å². The molecule has 6 heteroatoms. The lowest BCUT2D eigenvalue weighted by Crippen LogP contribution is -1.97. The number of rotatable bonds is 3. The van der Waals surface area contributed by atoms with Crippen molar-refractivity contribution < 1.29 is 8.78 Å². The lowest BCUT2D eigenvalue weighted by molar-refractivity contribution is 0.629. The molecule has 0 unspecified atom stereocenters. The largest absolute Gasteiger partial charge is 0.338 e. The summed E-state index contributed by atoms with van der Waals surface area (Å²) in [5.74, 6) is 0.321. The Morgan fingerprint density at radius 2 is 1.75 bits per heavy atom. The molecule has 0 aliphatic rings. The van der Waals surface area contributed by atoms with Crippen LogP contribution in [-0.4, -0.2) is 15.0 Å². The molecule has 2 aromatic heterocycles. The van der Waals surface area contributed by atoms with E-state index in [9.17, 15) is 8.78 Å². The number of nitrogens with one attached hydrogen (secondary N) is 2. The summed E-state index contributed by atoms with van der Waals surface area (Å²) in [6.45, 7) is 0. The van der Waals surface area contributed by atoms with Gasteiger partial charge in [0.25, 0.3) is 0 Å². The highest BCUT2D eigenvalue weighted by molar-refractivity contribution is 5.79. The van der Waals surface area contributed by atoms with E-state index >= 15 is 0 Å². The number of anilines is 2. The fourth-order valence-electron chi connectivity index (χ4n) is 2.44. The summed E-state index contributed by atoms with van der Waals surface area (Å²) < 4.78 is 27.0. The fourth-order valence-corrected chi connectivity index (χ4v) is 2.44. The van der Waals surface area contributed by atoms with Gasteiger partial charge in [0.1, 0.15) is 23.1 Å². The molecule has 0 amide bonds. The van der Waals surface area contributed by atoms with Crippen molar-refractivity contribution in [3.8, 4) is 11.5 Å². The van der Waals surface area contributed by atoms with Crippen molar-refractivity contribution in [2.24, 2.45) is 0 Å². The Bertz CT molecular complexity index is 1030. The molecule has 0 aliphatic heterocycles. The van der Waals surface area contributed by atoms with Crippen LogP contribution in [-0.2, 0) is 0 Å². The van der Waals surface area contributed by atoms with Gasteiger partial charge < -0.3 is 10.3 Å². The molecule has 118 valence electrons. The summed E-state index contributed by atoms with van der Waals surface area (Å²) in [6, 6.07) is 16.0. The second kappa shape index (κ2) is 5.73. The van der Waals surface area contributed by atoms with Crippen molar-refractivity contribution in [2.75, 3.05) is 5.32 Å². The van der Waals surface area contributed by atoms with E-state index < -0.39 is 0 Å². The monoisotopic (exact) mass is 322 g/mol.